The van der Waals surface area contributed by atoms with Crippen LogP contribution in [0.1, 0.15) is 49.9 Å². The number of nitrogens with one attached hydrogen (secondary N) is 2. The minimum atomic E-state index is -0.0391. The molecule has 0 bridgehead atoms. The Morgan fingerprint density at radius 1 is 1.24 bits per heavy atom. The summed E-state index contributed by atoms with van der Waals surface area (Å²) in [7, 11) is 0. The Bertz CT molecular complexity index is 488. The van der Waals surface area contributed by atoms with Gasteiger partial charge in [-0.1, -0.05) is 12.8 Å². The Hall–Kier alpha value is -1.49. The molecule has 1 amide bonds. The fraction of sp³-hybridized carbons (Fsp3) is 0.688. The van der Waals surface area contributed by atoms with E-state index in [0.29, 0.717) is 12.6 Å². The van der Waals surface area contributed by atoms with Gasteiger partial charge in [0.05, 0.1) is 30.2 Å². The van der Waals surface area contributed by atoms with Gasteiger partial charge in [-0.05, 0) is 38.5 Å². The molecule has 1 saturated heterocycles. The maximum atomic E-state index is 12.3. The zero-order valence-corrected chi connectivity index (χ0v) is 12.6. The molecule has 114 valence electrons. The Balaban J connectivity index is 1.50. The molecule has 5 nitrogen and oxygen atoms in total. The van der Waals surface area contributed by atoms with E-state index in [0.717, 1.165) is 23.7 Å². The highest BCUT2D eigenvalue weighted by molar-refractivity contribution is 5.81. The number of amides is 1. The van der Waals surface area contributed by atoms with Gasteiger partial charge in [0.25, 0.3) is 0 Å². The van der Waals surface area contributed by atoms with E-state index in [4.69, 9.17) is 0 Å². The van der Waals surface area contributed by atoms with Crippen molar-refractivity contribution < 1.29 is 4.79 Å². The summed E-state index contributed by atoms with van der Waals surface area (Å²) in [6.07, 6.45) is 10.8. The Kier molecular flexibility index (Phi) is 4.48. The third-order valence-corrected chi connectivity index (χ3v) is 4.75. The van der Waals surface area contributed by atoms with Gasteiger partial charge in [0.15, 0.2) is 0 Å². The maximum Gasteiger partial charge on any atom is 0.237 e. The molecule has 1 aromatic heterocycles. The van der Waals surface area contributed by atoms with Gasteiger partial charge >= 0.3 is 0 Å². The number of fused-ring (bicyclic) bond motifs is 1. The number of aromatic nitrogens is 2. The zero-order chi connectivity index (χ0) is 14.7. The number of hydrogen-bond donors (Lipinski definition) is 2. The summed E-state index contributed by atoms with van der Waals surface area (Å²) in [5, 5.41) is 6.53. The topological polar surface area (TPSA) is 66.9 Å². The molecule has 3 atom stereocenters. The van der Waals surface area contributed by atoms with Gasteiger partial charge in [-0.3, -0.25) is 14.8 Å². The summed E-state index contributed by atoms with van der Waals surface area (Å²) in [6.45, 7) is 2.36. The third kappa shape index (κ3) is 3.59. The Morgan fingerprint density at radius 2 is 2.10 bits per heavy atom. The molecule has 5 heteroatoms. The summed E-state index contributed by atoms with van der Waals surface area (Å²) >= 11 is 0. The molecule has 1 aliphatic heterocycles. The molecule has 1 aliphatic carbocycles. The molecule has 1 saturated carbocycles. The van der Waals surface area contributed by atoms with Crippen molar-refractivity contribution in [3.05, 3.63) is 23.8 Å². The third-order valence-electron chi connectivity index (χ3n) is 4.75. The van der Waals surface area contributed by atoms with Crippen molar-refractivity contribution in [1.82, 2.24) is 20.6 Å². The highest BCUT2D eigenvalue weighted by Gasteiger charge is 2.34. The van der Waals surface area contributed by atoms with Crippen LogP contribution in [0.4, 0.5) is 0 Å². The van der Waals surface area contributed by atoms with Crippen molar-refractivity contribution in [3.8, 4) is 0 Å². The lowest BCUT2D eigenvalue weighted by Crippen LogP contribution is -2.54. The van der Waals surface area contributed by atoms with E-state index in [1.807, 2.05) is 6.92 Å². The first kappa shape index (κ1) is 14.4. The number of rotatable bonds is 3. The van der Waals surface area contributed by atoms with Crippen LogP contribution in [0.5, 0.6) is 0 Å². The minimum absolute atomic E-state index is 0.0391. The summed E-state index contributed by atoms with van der Waals surface area (Å²) < 4.78 is 0. The molecule has 1 aromatic rings. The average molecular weight is 288 g/mol. The molecule has 0 aromatic carbocycles. The molecule has 2 heterocycles. The van der Waals surface area contributed by atoms with Gasteiger partial charge in [-0.25, -0.2) is 0 Å². The van der Waals surface area contributed by atoms with Crippen molar-refractivity contribution in [2.75, 3.05) is 0 Å². The minimum Gasteiger partial charge on any atom is -0.349 e. The normalized spacial score (nSPS) is 28.7. The van der Waals surface area contributed by atoms with E-state index in [9.17, 15) is 4.79 Å². The van der Waals surface area contributed by atoms with Crippen molar-refractivity contribution in [2.45, 2.75) is 64.1 Å². The van der Waals surface area contributed by atoms with Crippen LogP contribution >= 0.6 is 0 Å². The number of carbonyl (C=O) groups is 1. The van der Waals surface area contributed by atoms with Crippen LogP contribution in [0.3, 0.4) is 0 Å². The number of aryl methyl sites for hydroxylation is 1. The van der Waals surface area contributed by atoms with Crippen LogP contribution < -0.4 is 10.6 Å². The second kappa shape index (κ2) is 6.52. The number of carbonyl (C=O) groups excluding carboxylic acids is 1. The van der Waals surface area contributed by atoms with Crippen molar-refractivity contribution in [1.29, 1.82) is 0 Å². The van der Waals surface area contributed by atoms with Crippen LogP contribution in [0.25, 0.3) is 0 Å². The second-order valence-corrected chi connectivity index (χ2v) is 6.31. The lowest BCUT2D eigenvalue weighted by atomic mass is 9.77. The summed E-state index contributed by atoms with van der Waals surface area (Å²) in [6, 6.07) is 0.505. The lowest BCUT2D eigenvalue weighted by Gasteiger charge is -2.39. The maximum absolute atomic E-state index is 12.3. The average Bonchev–Trinajstić information content (AvgIpc) is 2.53. The van der Waals surface area contributed by atoms with E-state index in [-0.39, 0.29) is 11.9 Å². The predicted molar refractivity (Wildman–Crippen MR) is 80.5 cm³/mol. The Morgan fingerprint density at radius 3 is 2.90 bits per heavy atom. The van der Waals surface area contributed by atoms with Crippen LogP contribution in [0.15, 0.2) is 12.4 Å². The molecule has 0 radical (unpaired) electrons. The standard InChI is InChI=1S/C16H24N4O/c1-11-8-18-13(9-17-11)10-19-16(21)15-7-6-12-4-2-3-5-14(12)20-15/h8-9,12,14-15,20H,2-7,10H2,1H3,(H,19,21). The fourth-order valence-corrected chi connectivity index (χ4v) is 3.51. The molecule has 3 rings (SSSR count). The van der Waals surface area contributed by atoms with Crippen LogP contribution in [0.2, 0.25) is 0 Å². The largest absolute Gasteiger partial charge is 0.349 e. The SMILES string of the molecule is Cc1cnc(CNC(=O)C2CCC3CCCCC3N2)cn1. The first-order valence-corrected chi connectivity index (χ1v) is 8.03. The summed E-state index contributed by atoms with van der Waals surface area (Å²) in [5.74, 6) is 0.882. The zero-order valence-electron chi connectivity index (χ0n) is 12.6. The van der Waals surface area contributed by atoms with Gasteiger partial charge in [0, 0.05) is 12.2 Å². The number of nitrogens with zero attached hydrogens (tertiary/aromatic N) is 2. The number of piperidine rings is 1. The van der Waals surface area contributed by atoms with Gasteiger partial charge in [-0.15, -0.1) is 0 Å². The van der Waals surface area contributed by atoms with E-state index in [1.54, 1.807) is 12.4 Å². The van der Waals surface area contributed by atoms with Crippen LogP contribution in [-0.2, 0) is 11.3 Å². The molecule has 2 fully saturated rings. The first-order chi connectivity index (χ1) is 10.2. The first-order valence-electron chi connectivity index (χ1n) is 8.03. The summed E-state index contributed by atoms with van der Waals surface area (Å²) in [5.41, 5.74) is 1.70. The molecule has 2 N–H and O–H groups in total. The van der Waals surface area contributed by atoms with Crippen molar-refractivity contribution >= 4 is 5.91 Å². The molecule has 21 heavy (non-hydrogen) atoms. The van der Waals surface area contributed by atoms with Crippen LogP contribution in [0, 0.1) is 12.8 Å². The quantitative estimate of drug-likeness (QED) is 0.888. The lowest BCUT2D eigenvalue weighted by molar-refractivity contribution is -0.124. The Labute approximate surface area is 125 Å². The number of hydrogen-bond acceptors (Lipinski definition) is 4. The van der Waals surface area contributed by atoms with E-state index >= 15 is 0 Å². The van der Waals surface area contributed by atoms with E-state index in [1.165, 1.54) is 32.1 Å². The van der Waals surface area contributed by atoms with Crippen molar-refractivity contribution in [3.63, 3.8) is 0 Å². The van der Waals surface area contributed by atoms with E-state index in [2.05, 4.69) is 20.6 Å². The molecule has 2 aliphatic rings. The van der Waals surface area contributed by atoms with Gasteiger partial charge in [-0.2, -0.15) is 0 Å². The highest BCUT2D eigenvalue weighted by Crippen LogP contribution is 2.32. The molecule has 3 unspecified atom stereocenters. The second-order valence-electron chi connectivity index (χ2n) is 6.31. The fourth-order valence-electron chi connectivity index (χ4n) is 3.51. The molecular formula is C16H24N4O. The highest BCUT2D eigenvalue weighted by atomic mass is 16.2. The summed E-state index contributed by atoms with van der Waals surface area (Å²) in [4.78, 5) is 20.7. The smallest absolute Gasteiger partial charge is 0.237 e. The van der Waals surface area contributed by atoms with Crippen molar-refractivity contribution in [2.24, 2.45) is 5.92 Å². The molecule has 0 spiro atoms. The predicted octanol–water partition coefficient (Wildman–Crippen LogP) is 1.71. The van der Waals surface area contributed by atoms with Gasteiger partial charge < -0.3 is 10.6 Å². The van der Waals surface area contributed by atoms with E-state index < -0.39 is 0 Å². The monoisotopic (exact) mass is 288 g/mol. The van der Waals surface area contributed by atoms with Gasteiger partial charge in [0.2, 0.25) is 5.91 Å². The molecular weight excluding hydrogens is 264 g/mol. The van der Waals surface area contributed by atoms with Gasteiger partial charge in [0.1, 0.15) is 0 Å². The van der Waals surface area contributed by atoms with Crippen LogP contribution in [-0.4, -0.2) is 28.0 Å².